The van der Waals surface area contributed by atoms with Crippen LogP contribution in [0.25, 0.3) is 0 Å². The SMILES string of the molecule is C[C@H]1CCCC[C@H]1NC(=S)N/N=C\c1cccc(O)c1. The summed E-state index contributed by atoms with van der Waals surface area (Å²) < 4.78 is 0. The zero-order chi connectivity index (χ0) is 14.4. The van der Waals surface area contributed by atoms with E-state index in [1.165, 1.54) is 25.7 Å². The van der Waals surface area contributed by atoms with E-state index in [0.717, 1.165) is 5.56 Å². The molecule has 0 radical (unpaired) electrons. The molecule has 5 heteroatoms. The molecule has 3 N–H and O–H groups in total. The smallest absolute Gasteiger partial charge is 0.187 e. The van der Waals surface area contributed by atoms with Gasteiger partial charge in [0.2, 0.25) is 0 Å². The van der Waals surface area contributed by atoms with Gasteiger partial charge in [-0.25, -0.2) is 0 Å². The third-order valence-electron chi connectivity index (χ3n) is 3.68. The van der Waals surface area contributed by atoms with Crippen LogP contribution in [0.1, 0.15) is 38.2 Å². The Morgan fingerprint density at radius 3 is 2.95 bits per heavy atom. The van der Waals surface area contributed by atoms with Gasteiger partial charge in [0.1, 0.15) is 5.75 Å². The molecule has 1 aromatic carbocycles. The topological polar surface area (TPSA) is 56.7 Å². The summed E-state index contributed by atoms with van der Waals surface area (Å²) in [6, 6.07) is 7.35. The van der Waals surface area contributed by atoms with Crippen LogP contribution in [0.15, 0.2) is 29.4 Å². The Balaban J connectivity index is 1.80. The maximum Gasteiger partial charge on any atom is 0.187 e. The van der Waals surface area contributed by atoms with Crippen molar-refractivity contribution >= 4 is 23.5 Å². The molecule has 4 nitrogen and oxygen atoms in total. The van der Waals surface area contributed by atoms with Crippen LogP contribution in [-0.4, -0.2) is 22.5 Å². The minimum Gasteiger partial charge on any atom is -0.508 e. The molecule has 0 heterocycles. The van der Waals surface area contributed by atoms with Gasteiger partial charge in [-0.05, 0) is 48.7 Å². The van der Waals surface area contributed by atoms with Crippen molar-refractivity contribution in [2.24, 2.45) is 11.0 Å². The van der Waals surface area contributed by atoms with E-state index in [1.54, 1.807) is 24.4 Å². The first-order valence-electron chi connectivity index (χ1n) is 7.04. The summed E-state index contributed by atoms with van der Waals surface area (Å²) in [4.78, 5) is 0. The number of nitrogens with one attached hydrogen (secondary N) is 2. The van der Waals surface area contributed by atoms with Crippen molar-refractivity contribution in [2.45, 2.75) is 38.6 Å². The standard InChI is InChI=1S/C15H21N3OS/c1-11-5-2-3-8-14(11)17-15(20)18-16-10-12-6-4-7-13(19)9-12/h4,6-7,9-11,14,19H,2-3,5,8H2,1H3,(H2,17,18,20)/b16-10-/t11-,14+/m0/s1. The second kappa shape index (κ2) is 7.24. The highest BCUT2D eigenvalue weighted by molar-refractivity contribution is 7.80. The highest BCUT2D eigenvalue weighted by Gasteiger charge is 2.21. The monoisotopic (exact) mass is 291 g/mol. The van der Waals surface area contributed by atoms with Gasteiger partial charge in [0.15, 0.2) is 5.11 Å². The molecule has 1 aromatic rings. The van der Waals surface area contributed by atoms with Crippen LogP contribution in [0.4, 0.5) is 0 Å². The molecule has 1 aliphatic rings. The third kappa shape index (κ3) is 4.49. The maximum atomic E-state index is 9.35. The number of thiocarbonyl (C=S) groups is 1. The van der Waals surface area contributed by atoms with Crippen molar-refractivity contribution in [3.63, 3.8) is 0 Å². The van der Waals surface area contributed by atoms with E-state index in [2.05, 4.69) is 22.8 Å². The van der Waals surface area contributed by atoms with Crippen molar-refractivity contribution in [2.75, 3.05) is 0 Å². The number of benzene rings is 1. The van der Waals surface area contributed by atoms with Gasteiger partial charge in [-0.15, -0.1) is 0 Å². The van der Waals surface area contributed by atoms with Crippen molar-refractivity contribution in [3.05, 3.63) is 29.8 Å². The van der Waals surface area contributed by atoms with E-state index in [4.69, 9.17) is 12.2 Å². The van der Waals surface area contributed by atoms with Crippen LogP contribution in [-0.2, 0) is 0 Å². The van der Waals surface area contributed by atoms with Gasteiger partial charge >= 0.3 is 0 Å². The van der Waals surface area contributed by atoms with E-state index in [1.807, 2.05) is 6.07 Å². The average Bonchev–Trinajstić information content (AvgIpc) is 2.41. The van der Waals surface area contributed by atoms with Crippen LogP contribution >= 0.6 is 12.2 Å². The largest absolute Gasteiger partial charge is 0.508 e. The van der Waals surface area contributed by atoms with Gasteiger partial charge in [-0.2, -0.15) is 5.10 Å². The summed E-state index contributed by atoms with van der Waals surface area (Å²) in [6.07, 6.45) is 6.64. The van der Waals surface area contributed by atoms with Crippen LogP contribution in [0.2, 0.25) is 0 Å². The Morgan fingerprint density at radius 1 is 1.40 bits per heavy atom. The van der Waals surface area contributed by atoms with Crippen LogP contribution in [0.3, 0.4) is 0 Å². The first-order chi connectivity index (χ1) is 9.65. The zero-order valence-corrected chi connectivity index (χ0v) is 12.5. The predicted molar refractivity (Wildman–Crippen MR) is 86.0 cm³/mol. The number of rotatable bonds is 3. The van der Waals surface area contributed by atoms with E-state index < -0.39 is 0 Å². The fourth-order valence-electron chi connectivity index (χ4n) is 2.50. The molecule has 0 amide bonds. The van der Waals surface area contributed by atoms with Crippen molar-refractivity contribution < 1.29 is 5.11 Å². The second-order valence-electron chi connectivity index (χ2n) is 5.31. The Labute approximate surface area is 125 Å². The lowest BCUT2D eigenvalue weighted by atomic mass is 9.86. The Bertz CT molecular complexity index is 490. The van der Waals surface area contributed by atoms with Gasteiger partial charge in [0.25, 0.3) is 0 Å². The summed E-state index contributed by atoms with van der Waals surface area (Å²) in [5, 5.41) is 17.3. The predicted octanol–water partition coefficient (Wildman–Crippen LogP) is 2.77. The van der Waals surface area contributed by atoms with Gasteiger partial charge in [-0.1, -0.05) is 31.9 Å². The summed E-state index contributed by atoms with van der Waals surface area (Å²) >= 11 is 5.24. The lowest BCUT2D eigenvalue weighted by molar-refractivity contribution is 0.308. The first kappa shape index (κ1) is 14.8. The highest BCUT2D eigenvalue weighted by Crippen LogP contribution is 2.23. The molecule has 2 atom stereocenters. The lowest BCUT2D eigenvalue weighted by Gasteiger charge is -2.30. The first-order valence-corrected chi connectivity index (χ1v) is 7.44. The number of hydrazone groups is 1. The molecule has 2 rings (SSSR count). The average molecular weight is 291 g/mol. The quantitative estimate of drug-likeness (QED) is 0.455. The number of hydrogen-bond acceptors (Lipinski definition) is 3. The number of nitrogens with zero attached hydrogens (tertiary/aromatic N) is 1. The van der Waals surface area contributed by atoms with E-state index in [-0.39, 0.29) is 5.75 Å². The fourth-order valence-corrected chi connectivity index (χ4v) is 2.71. The molecule has 0 aliphatic heterocycles. The molecular weight excluding hydrogens is 270 g/mol. The molecule has 1 saturated carbocycles. The minimum atomic E-state index is 0.227. The summed E-state index contributed by atoms with van der Waals surface area (Å²) in [7, 11) is 0. The summed E-state index contributed by atoms with van der Waals surface area (Å²) in [6.45, 7) is 2.26. The van der Waals surface area contributed by atoms with Crippen LogP contribution < -0.4 is 10.7 Å². The van der Waals surface area contributed by atoms with E-state index in [9.17, 15) is 5.11 Å². The van der Waals surface area contributed by atoms with Crippen LogP contribution in [0.5, 0.6) is 5.75 Å². The van der Waals surface area contributed by atoms with Gasteiger partial charge in [-0.3, -0.25) is 5.43 Å². The molecule has 108 valence electrons. The molecule has 0 saturated heterocycles. The van der Waals surface area contributed by atoms with E-state index in [0.29, 0.717) is 17.1 Å². The Kier molecular flexibility index (Phi) is 5.35. The fraction of sp³-hybridized carbons (Fsp3) is 0.467. The Hall–Kier alpha value is -1.62. The second-order valence-corrected chi connectivity index (χ2v) is 5.71. The van der Waals surface area contributed by atoms with Crippen molar-refractivity contribution in [1.82, 2.24) is 10.7 Å². The van der Waals surface area contributed by atoms with Gasteiger partial charge in [0, 0.05) is 6.04 Å². The van der Waals surface area contributed by atoms with Gasteiger partial charge < -0.3 is 10.4 Å². The molecule has 1 aliphatic carbocycles. The summed E-state index contributed by atoms with van der Waals surface area (Å²) in [5.41, 5.74) is 3.65. The molecule has 0 bridgehead atoms. The number of phenols is 1. The normalized spacial score (nSPS) is 22.6. The zero-order valence-electron chi connectivity index (χ0n) is 11.7. The molecule has 0 spiro atoms. The highest BCUT2D eigenvalue weighted by atomic mass is 32.1. The molecular formula is C15H21N3OS. The summed E-state index contributed by atoms with van der Waals surface area (Å²) in [5.74, 6) is 0.879. The molecule has 20 heavy (non-hydrogen) atoms. The third-order valence-corrected chi connectivity index (χ3v) is 3.89. The lowest BCUT2D eigenvalue weighted by Crippen LogP contribution is -2.44. The minimum absolute atomic E-state index is 0.227. The number of hydrogen-bond donors (Lipinski definition) is 3. The number of phenolic OH excluding ortho intramolecular Hbond substituents is 1. The molecule has 0 unspecified atom stereocenters. The van der Waals surface area contributed by atoms with Gasteiger partial charge in [0.05, 0.1) is 6.21 Å². The molecule has 1 fully saturated rings. The van der Waals surface area contributed by atoms with E-state index >= 15 is 0 Å². The van der Waals surface area contributed by atoms with Crippen molar-refractivity contribution in [3.8, 4) is 5.75 Å². The maximum absolute atomic E-state index is 9.35. The molecule has 0 aromatic heterocycles. The Morgan fingerprint density at radius 2 is 2.20 bits per heavy atom. The van der Waals surface area contributed by atoms with Crippen LogP contribution in [0, 0.1) is 5.92 Å². The van der Waals surface area contributed by atoms with Crippen molar-refractivity contribution in [1.29, 1.82) is 0 Å². The number of aromatic hydroxyl groups is 1.